The Morgan fingerprint density at radius 2 is 1.72 bits per heavy atom. The van der Waals surface area contributed by atoms with Crippen LogP contribution >= 0.6 is 11.3 Å². The number of hydrogen-bond acceptors (Lipinski definition) is 11. The first kappa shape index (κ1) is 38.2. The van der Waals surface area contributed by atoms with Crippen LogP contribution < -0.4 is 20.1 Å². The average Bonchev–Trinajstić information content (AvgIpc) is 3.94. The van der Waals surface area contributed by atoms with Gasteiger partial charge in [0.2, 0.25) is 27.7 Å². The molecule has 3 fully saturated rings. The van der Waals surface area contributed by atoms with Gasteiger partial charge >= 0.3 is 6.09 Å². The van der Waals surface area contributed by atoms with E-state index < -0.39 is 79.7 Å². The summed E-state index contributed by atoms with van der Waals surface area (Å²) in [4.78, 5) is 67.2. The van der Waals surface area contributed by atoms with Crippen LogP contribution in [0, 0.1) is 11.3 Å². The van der Waals surface area contributed by atoms with Gasteiger partial charge in [-0.15, -0.1) is 17.9 Å². The zero-order valence-electron chi connectivity index (χ0n) is 30.7. The standard InChI is InChI=1S/C37H46N6O8S2/c1-8-21-19-37(21,33(46)42-53(48,49)23-15-16-23)41-30(44)26-18-22(20-43(26)32(45)29(35(2,3)4)40-34(47)51-36(5,6)7)50-31-28(27-14-11-17-52-27)38-24-12-9-10-13-25(24)39-31/h8-14,17,21-23,26,29H,1,15-16,18-20H2,2-7H3,(H,40,47)(H,41,44)(H,42,46)/t21?,22-,26+,29-,37-/m1/s1. The van der Waals surface area contributed by atoms with Crippen molar-refractivity contribution in [1.82, 2.24) is 30.2 Å². The van der Waals surface area contributed by atoms with Gasteiger partial charge in [-0.2, -0.15) is 0 Å². The van der Waals surface area contributed by atoms with Crippen LogP contribution in [0.1, 0.15) is 67.2 Å². The summed E-state index contributed by atoms with van der Waals surface area (Å²) < 4.78 is 39.6. The number of benzene rings is 1. The number of alkyl carbamates (subject to hydrolysis) is 1. The summed E-state index contributed by atoms with van der Waals surface area (Å²) >= 11 is 1.46. The molecular weight excluding hydrogens is 721 g/mol. The van der Waals surface area contributed by atoms with Crippen molar-refractivity contribution in [2.24, 2.45) is 11.3 Å². The number of sulfonamides is 1. The average molecular weight is 767 g/mol. The molecule has 284 valence electrons. The first-order chi connectivity index (χ1) is 24.8. The molecule has 3 aromatic rings. The van der Waals surface area contributed by atoms with Crippen LogP contribution in [0.4, 0.5) is 4.79 Å². The molecule has 1 saturated heterocycles. The molecule has 0 bridgehead atoms. The van der Waals surface area contributed by atoms with Crippen molar-refractivity contribution in [1.29, 1.82) is 0 Å². The summed E-state index contributed by atoms with van der Waals surface area (Å²) in [5, 5.41) is 6.77. The highest BCUT2D eigenvalue weighted by atomic mass is 32.2. The van der Waals surface area contributed by atoms with Crippen LogP contribution in [0.5, 0.6) is 5.88 Å². The number of para-hydroxylation sites is 2. The van der Waals surface area contributed by atoms with Crippen LogP contribution in [0.3, 0.4) is 0 Å². The molecule has 5 atom stereocenters. The van der Waals surface area contributed by atoms with Gasteiger partial charge in [-0.1, -0.05) is 45.0 Å². The lowest BCUT2D eigenvalue weighted by molar-refractivity contribution is -0.143. The molecule has 1 aliphatic heterocycles. The molecule has 6 rings (SSSR count). The molecule has 2 aliphatic carbocycles. The number of fused-ring (bicyclic) bond motifs is 1. The Kier molecular flexibility index (Phi) is 10.1. The summed E-state index contributed by atoms with van der Waals surface area (Å²) in [6.07, 6.45) is 0.973. The lowest BCUT2D eigenvalue weighted by atomic mass is 9.85. The molecular formula is C37H46N6O8S2. The summed E-state index contributed by atoms with van der Waals surface area (Å²) in [6, 6.07) is 8.84. The molecule has 14 nitrogen and oxygen atoms in total. The van der Waals surface area contributed by atoms with Gasteiger partial charge in [-0.25, -0.2) is 23.2 Å². The Labute approximate surface area is 313 Å². The normalized spacial score (nSPS) is 23.5. The number of likely N-dealkylation sites (tertiary alicyclic amines) is 1. The number of carbonyl (C=O) groups is 4. The molecule has 3 N–H and O–H groups in total. The van der Waals surface area contributed by atoms with Gasteiger partial charge < -0.3 is 25.0 Å². The first-order valence-electron chi connectivity index (χ1n) is 17.6. The zero-order valence-corrected chi connectivity index (χ0v) is 32.3. The SMILES string of the molecule is C=CC1C[C@]1(NC(=O)[C@@H]1C[C@@H](Oc2nc3ccccc3nc2-c2cccs2)CN1C(=O)[C@@H](NC(=O)OC(C)(C)C)C(C)(C)C)C(=O)NS(=O)(=O)C1CC1. The van der Waals surface area contributed by atoms with Crippen LogP contribution in [-0.2, 0) is 29.1 Å². The summed E-state index contributed by atoms with van der Waals surface area (Å²) in [7, 11) is -3.91. The van der Waals surface area contributed by atoms with Crippen LogP contribution in [0.15, 0.2) is 54.4 Å². The second-order valence-corrected chi connectivity index (χ2v) is 18.9. The number of hydrogen-bond donors (Lipinski definition) is 3. The fourth-order valence-electron chi connectivity index (χ4n) is 6.43. The maximum atomic E-state index is 14.6. The molecule has 2 aromatic heterocycles. The van der Waals surface area contributed by atoms with E-state index in [1.807, 2.05) is 41.8 Å². The third-order valence-corrected chi connectivity index (χ3v) is 12.1. The number of carbonyl (C=O) groups excluding carboxylic acids is 4. The number of nitrogens with one attached hydrogen (secondary N) is 3. The number of aromatic nitrogens is 2. The Bertz CT molecular complexity index is 2040. The van der Waals surface area contributed by atoms with Gasteiger partial charge in [0.1, 0.15) is 35.0 Å². The minimum absolute atomic E-state index is 0.00388. The molecule has 4 amide bonds. The van der Waals surface area contributed by atoms with Crippen molar-refractivity contribution < 1.29 is 37.1 Å². The van der Waals surface area contributed by atoms with E-state index in [9.17, 15) is 27.6 Å². The largest absolute Gasteiger partial charge is 0.471 e. The number of thiophene rings is 1. The van der Waals surface area contributed by atoms with Gasteiger partial charge in [0.15, 0.2) is 0 Å². The number of ether oxygens (including phenoxy) is 2. The Hall–Kier alpha value is -4.57. The fourth-order valence-corrected chi connectivity index (χ4v) is 8.50. The van der Waals surface area contributed by atoms with Gasteiger partial charge in [0.25, 0.3) is 5.91 Å². The van der Waals surface area contributed by atoms with Gasteiger partial charge in [-0.3, -0.25) is 19.1 Å². The lowest BCUT2D eigenvalue weighted by Gasteiger charge is -2.36. The van der Waals surface area contributed by atoms with E-state index in [-0.39, 0.29) is 25.3 Å². The molecule has 3 heterocycles. The highest BCUT2D eigenvalue weighted by Crippen LogP contribution is 2.46. The second kappa shape index (κ2) is 14.0. The third-order valence-electron chi connectivity index (χ3n) is 9.44. The second-order valence-electron chi connectivity index (χ2n) is 16.0. The van der Waals surface area contributed by atoms with Crippen molar-refractivity contribution in [3.8, 4) is 16.5 Å². The molecule has 3 aliphatic rings. The molecule has 1 aromatic carbocycles. The highest BCUT2D eigenvalue weighted by molar-refractivity contribution is 7.91. The maximum absolute atomic E-state index is 14.6. The van der Waals surface area contributed by atoms with Gasteiger partial charge in [0.05, 0.1) is 27.7 Å². The minimum atomic E-state index is -3.91. The van der Waals surface area contributed by atoms with Crippen molar-refractivity contribution in [2.75, 3.05) is 6.54 Å². The highest BCUT2D eigenvalue weighted by Gasteiger charge is 2.62. The molecule has 16 heteroatoms. The first-order valence-corrected chi connectivity index (χ1v) is 20.0. The van der Waals surface area contributed by atoms with Crippen LogP contribution in [-0.4, -0.2) is 88.2 Å². The minimum Gasteiger partial charge on any atom is -0.471 e. The van der Waals surface area contributed by atoms with E-state index in [4.69, 9.17) is 19.4 Å². The van der Waals surface area contributed by atoms with E-state index in [1.165, 1.54) is 22.3 Å². The Balaban J connectivity index is 1.32. The number of amides is 4. The van der Waals surface area contributed by atoms with Crippen molar-refractivity contribution in [3.63, 3.8) is 0 Å². The molecule has 0 spiro atoms. The number of rotatable bonds is 11. The Morgan fingerprint density at radius 1 is 1.04 bits per heavy atom. The quantitative estimate of drug-likeness (QED) is 0.238. The fraction of sp³-hybridized carbons (Fsp3) is 0.514. The predicted molar refractivity (Wildman–Crippen MR) is 199 cm³/mol. The van der Waals surface area contributed by atoms with Crippen molar-refractivity contribution >= 4 is 56.2 Å². The van der Waals surface area contributed by atoms with Gasteiger partial charge in [-0.05, 0) is 69.0 Å². The Morgan fingerprint density at radius 3 is 2.28 bits per heavy atom. The lowest BCUT2D eigenvalue weighted by Crippen LogP contribution is -2.60. The zero-order chi connectivity index (χ0) is 38.5. The maximum Gasteiger partial charge on any atom is 0.408 e. The van der Waals surface area contributed by atoms with E-state index >= 15 is 0 Å². The number of nitrogens with zero attached hydrogens (tertiary/aromatic N) is 3. The van der Waals surface area contributed by atoms with E-state index in [2.05, 4.69) is 21.9 Å². The monoisotopic (exact) mass is 766 g/mol. The van der Waals surface area contributed by atoms with Crippen LogP contribution in [0.25, 0.3) is 21.6 Å². The topological polar surface area (TPSA) is 186 Å². The van der Waals surface area contributed by atoms with Crippen molar-refractivity contribution in [2.45, 2.75) is 102 Å². The molecule has 53 heavy (non-hydrogen) atoms. The van der Waals surface area contributed by atoms with Crippen LogP contribution in [0.2, 0.25) is 0 Å². The summed E-state index contributed by atoms with van der Waals surface area (Å²) in [6.45, 7) is 14.2. The third kappa shape index (κ3) is 8.33. The molecule has 0 radical (unpaired) electrons. The van der Waals surface area contributed by atoms with Gasteiger partial charge in [0, 0.05) is 12.3 Å². The summed E-state index contributed by atoms with van der Waals surface area (Å²) in [5.41, 5.74) is -1.47. The van der Waals surface area contributed by atoms with Crippen molar-refractivity contribution in [3.05, 3.63) is 54.4 Å². The summed E-state index contributed by atoms with van der Waals surface area (Å²) in [5.74, 6) is -2.41. The van der Waals surface area contributed by atoms with E-state index in [0.29, 0.717) is 29.6 Å². The van der Waals surface area contributed by atoms with E-state index in [0.717, 1.165) is 4.88 Å². The predicted octanol–water partition coefficient (Wildman–Crippen LogP) is 4.32. The molecule has 1 unspecified atom stereocenters. The van der Waals surface area contributed by atoms with E-state index in [1.54, 1.807) is 41.5 Å². The molecule has 2 saturated carbocycles. The smallest absolute Gasteiger partial charge is 0.408 e.